The van der Waals surface area contributed by atoms with Crippen LogP contribution in [0, 0.1) is 0 Å². The van der Waals surface area contributed by atoms with Crippen LogP contribution in [0.5, 0.6) is 5.75 Å². The van der Waals surface area contributed by atoms with E-state index in [0.29, 0.717) is 13.1 Å². The molecule has 148 valence electrons. The molecule has 1 heterocycles. The first-order chi connectivity index (χ1) is 12.9. The molecule has 1 aromatic carbocycles. The zero-order valence-corrected chi connectivity index (χ0v) is 16.8. The number of hydrogen-bond donors (Lipinski definition) is 1. The van der Waals surface area contributed by atoms with Crippen molar-refractivity contribution < 1.29 is 13.5 Å². The lowest BCUT2D eigenvalue weighted by Crippen LogP contribution is -2.38. The Morgan fingerprint density at radius 2 is 1.96 bits per heavy atom. The highest BCUT2D eigenvalue weighted by molar-refractivity contribution is 7.13. The molecule has 0 fully saturated rings. The zero-order chi connectivity index (χ0) is 19.8. The summed E-state index contributed by atoms with van der Waals surface area (Å²) in [6.45, 7) is 1.00. The van der Waals surface area contributed by atoms with Crippen LogP contribution >= 0.6 is 11.3 Å². The highest BCUT2D eigenvalue weighted by Gasteiger charge is 2.09. The number of halogens is 2. The average molecular weight is 397 g/mol. The molecule has 2 rings (SSSR count). The second-order valence-electron chi connectivity index (χ2n) is 6.06. The maximum atomic E-state index is 12.2. The van der Waals surface area contributed by atoms with E-state index in [4.69, 9.17) is 0 Å². The molecule has 0 aliphatic carbocycles. The topological polar surface area (TPSA) is 53.0 Å². The van der Waals surface area contributed by atoms with Gasteiger partial charge in [0.2, 0.25) is 0 Å². The van der Waals surface area contributed by atoms with Crippen LogP contribution in [0.4, 0.5) is 13.9 Å². The van der Waals surface area contributed by atoms with Gasteiger partial charge in [0.15, 0.2) is 11.1 Å². The van der Waals surface area contributed by atoms with E-state index in [1.54, 1.807) is 23.5 Å². The van der Waals surface area contributed by atoms with E-state index in [2.05, 4.69) is 20.0 Å². The first kappa shape index (κ1) is 20.9. The molecule has 2 aromatic rings. The second kappa shape index (κ2) is 10.1. The maximum Gasteiger partial charge on any atom is 0.387 e. The van der Waals surface area contributed by atoms with Crippen LogP contribution in [0.25, 0.3) is 0 Å². The summed E-state index contributed by atoms with van der Waals surface area (Å²) < 4.78 is 28.8. The van der Waals surface area contributed by atoms with Crippen molar-refractivity contribution in [1.82, 2.24) is 15.2 Å². The summed E-state index contributed by atoms with van der Waals surface area (Å²) in [6, 6.07) is 6.61. The van der Waals surface area contributed by atoms with Crippen LogP contribution in [0.2, 0.25) is 0 Å². The van der Waals surface area contributed by atoms with E-state index in [-0.39, 0.29) is 5.75 Å². The first-order valence-corrected chi connectivity index (χ1v) is 9.42. The van der Waals surface area contributed by atoms with Gasteiger partial charge in [0.25, 0.3) is 0 Å². The Morgan fingerprint density at radius 1 is 1.26 bits per heavy atom. The number of hydrogen-bond acceptors (Lipinski definition) is 5. The number of nitrogens with zero attached hydrogens (tertiary/aromatic N) is 4. The predicted octanol–water partition coefficient (Wildman–Crippen LogP) is 3.41. The lowest BCUT2D eigenvalue weighted by molar-refractivity contribution is -0.0498. The SMILES string of the molecule is CCNC(=NCc1csc(N(C)C)n1)N(C)Cc1ccc(OC(F)F)cc1. The van der Waals surface area contributed by atoms with Crippen molar-refractivity contribution >= 4 is 22.4 Å². The molecule has 0 unspecified atom stereocenters. The summed E-state index contributed by atoms with van der Waals surface area (Å²) in [5.41, 5.74) is 1.88. The summed E-state index contributed by atoms with van der Waals surface area (Å²) in [6.07, 6.45) is 0. The average Bonchev–Trinajstić information content (AvgIpc) is 3.09. The van der Waals surface area contributed by atoms with E-state index in [9.17, 15) is 8.78 Å². The molecule has 1 N–H and O–H groups in total. The molecule has 0 bridgehead atoms. The molecule has 27 heavy (non-hydrogen) atoms. The number of alkyl halides is 2. The van der Waals surface area contributed by atoms with Gasteiger partial charge in [-0.3, -0.25) is 0 Å². The van der Waals surface area contributed by atoms with E-state index < -0.39 is 6.61 Å². The van der Waals surface area contributed by atoms with Crippen LogP contribution in [0.1, 0.15) is 18.2 Å². The normalized spacial score (nSPS) is 11.6. The summed E-state index contributed by atoms with van der Waals surface area (Å²) in [5.74, 6) is 0.905. The third-order valence-corrected chi connectivity index (χ3v) is 4.63. The lowest BCUT2D eigenvalue weighted by atomic mass is 10.2. The number of benzene rings is 1. The fourth-order valence-corrected chi connectivity index (χ4v) is 3.07. The van der Waals surface area contributed by atoms with E-state index in [1.165, 1.54) is 12.1 Å². The summed E-state index contributed by atoms with van der Waals surface area (Å²) >= 11 is 1.59. The van der Waals surface area contributed by atoms with Crippen LogP contribution in [-0.2, 0) is 13.1 Å². The Bertz CT molecular complexity index is 734. The van der Waals surface area contributed by atoms with Crippen molar-refractivity contribution in [2.45, 2.75) is 26.6 Å². The molecule has 0 aliphatic rings. The van der Waals surface area contributed by atoms with Crippen molar-refractivity contribution in [3.05, 3.63) is 40.9 Å². The molecule has 1 aromatic heterocycles. The van der Waals surface area contributed by atoms with Gasteiger partial charge in [0.1, 0.15) is 5.75 Å². The molecule has 0 atom stereocenters. The number of ether oxygens (including phenoxy) is 1. The van der Waals surface area contributed by atoms with Gasteiger partial charge in [0, 0.05) is 39.6 Å². The molecule has 0 spiro atoms. The van der Waals surface area contributed by atoms with Gasteiger partial charge in [-0.25, -0.2) is 9.98 Å². The van der Waals surface area contributed by atoms with E-state index in [1.807, 2.05) is 43.2 Å². The number of aromatic nitrogens is 1. The van der Waals surface area contributed by atoms with Gasteiger partial charge in [-0.2, -0.15) is 8.78 Å². The molecule has 6 nitrogen and oxygen atoms in total. The quantitative estimate of drug-likeness (QED) is 0.547. The molecule has 0 saturated carbocycles. The highest BCUT2D eigenvalue weighted by Crippen LogP contribution is 2.19. The van der Waals surface area contributed by atoms with Crippen LogP contribution in [0.15, 0.2) is 34.6 Å². The summed E-state index contributed by atoms with van der Waals surface area (Å²) in [7, 11) is 5.85. The van der Waals surface area contributed by atoms with Crippen LogP contribution < -0.4 is 15.0 Å². The lowest BCUT2D eigenvalue weighted by Gasteiger charge is -2.22. The molecular formula is C18H25F2N5OS. The second-order valence-corrected chi connectivity index (χ2v) is 6.90. The van der Waals surface area contributed by atoms with E-state index >= 15 is 0 Å². The van der Waals surface area contributed by atoms with E-state index in [0.717, 1.165) is 28.9 Å². The molecule has 0 radical (unpaired) electrons. The minimum atomic E-state index is -2.82. The third-order valence-electron chi connectivity index (χ3n) is 3.58. The molecule has 9 heteroatoms. The van der Waals surface area contributed by atoms with Crippen molar-refractivity contribution in [2.24, 2.45) is 4.99 Å². The molecule has 0 amide bonds. The van der Waals surface area contributed by atoms with Crippen LogP contribution in [-0.4, -0.2) is 50.1 Å². The number of rotatable bonds is 8. The van der Waals surface area contributed by atoms with Crippen molar-refractivity contribution in [1.29, 1.82) is 0 Å². The fourth-order valence-electron chi connectivity index (χ4n) is 2.32. The van der Waals surface area contributed by atoms with Gasteiger partial charge in [-0.1, -0.05) is 12.1 Å². The molecular weight excluding hydrogens is 372 g/mol. The molecule has 0 saturated heterocycles. The van der Waals surface area contributed by atoms with Crippen molar-refractivity contribution in [2.75, 3.05) is 32.6 Å². The smallest absolute Gasteiger partial charge is 0.387 e. The van der Waals surface area contributed by atoms with Gasteiger partial charge in [0.05, 0.1) is 12.2 Å². The summed E-state index contributed by atoms with van der Waals surface area (Å²) in [5, 5.41) is 6.21. The zero-order valence-electron chi connectivity index (χ0n) is 15.9. The number of aliphatic imine (C=N–C) groups is 1. The minimum absolute atomic E-state index is 0.150. The third kappa shape index (κ3) is 6.67. The Morgan fingerprint density at radius 3 is 2.52 bits per heavy atom. The summed E-state index contributed by atoms with van der Waals surface area (Å²) in [4.78, 5) is 13.1. The Balaban J connectivity index is 2.01. The Hall–Kier alpha value is -2.42. The first-order valence-electron chi connectivity index (χ1n) is 8.54. The largest absolute Gasteiger partial charge is 0.435 e. The highest BCUT2D eigenvalue weighted by atomic mass is 32.1. The maximum absolute atomic E-state index is 12.2. The van der Waals surface area contributed by atoms with Gasteiger partial charge in [-0.15, -0.1) is 11.3 Å². The Labute approximate surface area is 162 Å². The monoisotopic (exact) mass is 397 g/mol. The minimum Gasteiger partial charge on any atom is -0.435 e. The number of thiazole rings is 1. The Kier molecular flexibility index (Phi) is 7.78. The van der Waals surface area contributed by atoms with Gasteiger partial charge < -0.3 is 19.9 Å². The fraction of sp³-hybridized carbons (Fsp3) is 0.444. The van der Waals surface area contributed by atoms with Gasteiger partial charge in [-0.05, 0) is 24.6 Å². The predicted molar refractivity (Wildman–Crippen MR) is 106 cm³/mol. The van der Waals surface area contributed by atoms with Crippen LogP contribution in [0.3, 0.4) is 0 Å². The number of guanidine groups is 1. The standard InChI is InChI=1S/C18H25F2N5OS/c1-5-21-17(22-10-14-12-27-18(23-14)24(2)3)25(4)11-13-6-8-15(9-7-13)26-16(19)20/h6-9,12,16H,5,10-11H2,1-4H3,(H,21,22). The van der Waals surface area contributed by atoms with Gasteiger partial charge >= 0.3 is 6.61 Å². The van der Waals surface area contributed by atoms with Crippen molar-refractivity contribution in [3.8, 4) is 5.75 Å². The van der Waals surface area contributed by atoms with Crippen molar-refractivity contribution in [3.63, 3.8) is 0 Å². The number of anilines is 1. The number of nitrogens with one attached hydrogen (secondary N) is 1. The molecule has 0 aliphatic heterocycles.